The molecule has 0 aromatic heterocycles. The number of nitrogens with two attached hydrogens (primary N) is 1. The Morgan fingerprint density at radius 3 is 1.53 bits per heavy atom. The molecule has 0 aromatic carbocycles. The molecule has 0 spiro atoms. The van der Waals surface area contributed by atoms with Crippen molar-refractivity contribution in [3.63, 3.8) is 0 Å². The number of carboxylic acids is 1. The fourth-order valence-corrected chi connectivity index (χ4v) is 5.44. The van der Waals surface area contributed by atoms with Crippen LogP contribution < -0.4 is 5.73 Å². The molecule has 256 valence electrons. The van der Waals surface area contributed by atoms with Crippen LogP contribution in [0, 0.1) is 0 Å². The molecular weight excluding hydrogens is 573 g/mol. The maximum Gasteiger partial charge on any atom is 0.472 e. The number of phosphoric acid groups is 1. The minimum absolute atomic E-state index is 0.0240. The van der Waals surface area contributed by atoms with Gasteiger partial charge in [0.25, 0.3) is 0 Å². The lowest BCUT2D eigenvalue weighted by Crippen LogP contribution is -2.34. The zero-order valence-electron chi connectivity index (χ0n) is 27.3. The van der Waals surface area contributed by atoms with Gasteiger partial charge in [0.05, 0.1) is 19.8 Å². The molecule has 11 heteroatoms. The molecule has 1 unspecified atom stereocenters. The van der Waals surface area contributed by atoms with Gasteiger partial charge < -0.3 is 25.2 Å². The van der Waals surface area contributed by atoms with Gasteiger partial charge in [0, 0.05) is 13.0 Å². The SMILES string of the molecule is CCCCCCCCCCCCCCOC[C@H](COP(=O)(O)OC[C@H](N)C(=O)O)OC(=O)CCCCCCCCCCC. The van der Waals surface area contributed by atoms with Crippen molar-refractivity contribution in [3.05, 3.63) is 0 Å². The third kappa shape index (κ3) is 29.4. The van der Waals surface area contributed by atoms with E-state index in [0.717, 1.165) is 38.5 Å². The molecule has 0 aliphatic heterocycles. The maximum atomic E-state index is 12.4. The Morgan fingerprint density at radius 2 is 1.07 bits per heavy atom. The van der Waals surface area contributed by atoms with Gasteiger partial charge in [-0.2, -0.15) is 0 Å². The lowest BCUT2D eigenvalue weighted by atomic mass is 10.1. The van der Waals surface area contributed by atoms with Crippen molar-refractivity contribution in [2.24, 2.45) is 5.73 Å². The average Bonchev–Trinajstić information content (AvgIpc) is 2.97. The number of ether oxygens (including phenoxy) is 2. The van der Waals surface area contributed by atoms with Crippen LogP contribution in [0.2, 0.25) is 0 Å². The summed E-state index contributed by atoms with van der Waals surface area (Å²) < 4.78 is 33.0. The zero-order valence-corrected chi connectivity index (χ0v) is 28.2. The van der Waals surface area contributed by atoms with Crippen LogP contribution in [0.3, 0.4) is 0 Å². The van der Waals surface area contributed by atoms with E-state index in [9.17, 15) is 19.0 Å². The number of hydrogen-bond donors (Lipinski definition) is 3. The molecule has 0 heterocycles. The van der Waals surface area contributed by atoms with Crippen LogP contribution in [0.1, 0.15) is 155 Å². The van der Waals surface area contributed by atoms with Crippen LogP contribution in [0.15, 0.2) is 0 Å². The highest BCUT2D eigenvalue weighted by molar-refractivity contribution is 7.47. The predicted molar refractivity (Wildman–Crippen MR) is 171 cm³/mol. The molecule has 0 rings (SSSR count). The van der Waals surface area contributed by atoms with E-state index in [1.54, 1.807) is 0 Å². The van der Waals surface area contributed by atoms with E-state index >= 15 is 0 Å². The van der Waals surface area contributed by atoms with Crippen molar-refractivity contribution in [2.75, 3.05) is 26.4 Å². The van der Waals surface area contributed by atoms with Crippen molar-refractivity contribution in [3.8, 4) is 0 Å². The molecule has 0 aliphatic carbocycles. The normalized spacial score (nSPS) is 14.3. The first-order chi connectivity index (χ1) is 20.7. The number of hydrogen-bond acceptors (Lipinski definition) is 8. The van der Waals surface area contributed by atoms with Crippen LogP contribution in [0.4, 0.5) is 0 Å². The summed E-state index contributed by atoms with van der Waals surface area (Å²) in [5, 5.41) is 8.82. The Balaban J connectivity index is 4.32. The molecule has 0 aliphatic rings. The first-order valence-corrected chi connectivity index (χ1v) is 18.6. The minimum Gasteiger partial charge on any atom is -0.480 e. The van der Waals surface area contributed by atoms with E-state index in [0.29, 0.717) is 6.61 Å². The number of unbranched alkanes of at least 4 members (excludes halogenated alkanes) is 19. The topological polar surface area (TPSA) is 155 Å². The van der Waals surface area contributed by atoms with Crippen LogP contribution in [0.5, 0.6) is 0 Å². The zero-order chi connectivity index (χ0) is 32.0. The van der Waals surface area contributed by atoms with E-state index in [1.165, 1.54) is 96.3 Å². The molecule has 0 saturated carbocycles. The van der Waals surface area contributed by atoms with Gasteiger partial charge in [-0.15, -0.1) is 0 Å². The minimum atomic E-state index is -4.59. The van der Waals surface area contributed by atoms with E-state index in [1.807, 2.05) is 0 Å². The number of carbonyl (C=O) groups excluding carboxylic acids is 1. The lowest BCUT2D eigenvalue weighted by molar-refractivity contribution is -0.154. The molecule has 0 bridgehead atoms. The van der Waals surface area contributed by atoms with E-state index in [-0.39, 0.29) is 13.0 Å². The molecule has 0 amide bonds. The third-order valence-corrected chi connectivity index (χ3v) is 8.34. The van der Waals surface area contributed by atoms with Crippen molar-refractivity contribution in [1.29, 1.82) is 0 Å². The Labute approximate surface area is 261 Å². The standard InChI is InChI=1S/C32H64NO9P/c1-3-5-7-9-11-13-14-15-17-19-21-23-25-39-26-29(27-40-43(37,38)41-28-30(33)32(35)36)42-31(34)24-22-20-18-16-12-10-8-6-4-2/h29-30H,3-28,33H2,1-2H3,(H,35,36)(H,37,38)/t29-,30+/m1/s1. The fourth-order valence-electron chi connectivity index (χ4n) is 4.66. The number of rotatable bonds is 33. The number of carboxylic acid groups (broad SMARTS) is 1. The first kappa shape index (κ1) is 42.0. The molecule has 43 heavy (non-hydrogen) atoms. The Kier molecular flexibility index (Phi) is 29.0. The Bertz CT molecular complexity index is 710. The number of carbonyl (C=O) groups is 2. The summed E-state index contributed by atoms with van der Waals surface area (Å²) in [6, 6.07) is -1.46. The van der Waals surface area contributed by atoms with E-state index in [4.69, 9.17) is 24.8 Å². The molecule has 0 fully saturated rings. The van der Waals surface area contributed by atoms with Gasteiger partial charge in [0.2, 0.25) is 0 Å². The summed E-state index contributed by atoms with van der Waals surface area (Å²) >= 11 is 0. The molecule has 3 atom stereocenters. The van der Waals surface area contributed by atoms with Gasteiger partial charge in [0.1, 0.15) is 12.1 Å². The first-order valence-electron chi connectivity index (χ1n) is 17.1. The molecule has 0 radical (unpaired) electrons. The second-order valence-electron chi connectivity index (χ2n) is 11.7. The van der Waals surface area contributed by atoms with Gasteiger partial charge >= 0.3 is 19.8 Å². The highest BCUT2D eigenvalue weighted by Gasteiger charge is 2.27. The number of esters is 1. The Morgan fingerprint density at radius 1 is 0.651 bits per heavy atom. The Hall–Kier alpha value is -1.03. The van der Waals surface area contributed by atoms with E-state index in [2.05, 4.69) is 18.4 Å². The maximum absolute atomic E-state index is 12.4. The van der Waals surface area contributed by atoms with Crippen molar-refractivity contribution in [2.45, 2.75) is 167 Å². The number of phosphoric ester groups is 1. The smallest absolute Gasteiger partial charge is 0.472 e. The van der Waals surface area contributed by atoms with Gasteiger partial charge in [-0.3, -0.25) is 18.6 Å². The lowest BCUT2D eigenvalue weighted by Gasteiger charge is -2.20. The predicted octanol–water partition coefficient (Wildman–Crippen LogP) is 8.08. The summed E-state index contributed by atoms with van der Waals surface area (Å²) in [5.74, 6) is -1.78. The van der Waals surface area contributed by atoms with Crippen LogP contribution in [-0.4, -0.2) is 60.5 Å². The van der Waals surface area contributed by atoms with Crippen LogP contribution in [0.25, 0.3) is 0 Å². The summed E-state index contributed by atoms with van der Waals surface area (Å²) in [6.07, 6.45) is 24.5. The highest BCUT2D eigenvalue weighted by atomic mass is 31.2. The van der Waals surface area contributed by atoms with Gasteiger partial charge in [0.15, 0.2) is 0 Å². The summed E-state index contributed by atoms with van der Waals surface area (Å²) in [6.45, 7) is 3.85. The molecule has 0 aromatic rings. The molecular formula is C32H64NO9P. The second-order valence-corrected chi connectivity index (χ2v) is 13.1. The highest BCUT2D eigenvalue weighted by Crippen LogP contribution is 2.43. The largest absolute Gasteiger partial charge is 0.480 e. The van der Waals surface area contributed by atoms with Crippen molar-refractivity contribution >= 4 is 19.8 Å². The van der Waals surface area contributed by atoms with Gasteiger partial charge in [-0.1, -0.05) is 136 Å². The average molecular weight is 638 g/mol. The summed E-state index contributed by atoms with van der Waals surface area (Å²) in [5.41, 5.74) is 5.31. The fraction of sp³-hybridized carbons (Fsp3) is 0.938. The summed E-state index contributed by atoms with van der Waals surface area (Å²) in [7, 11) is -4.59. The van der Waals surface area contributed by atoms with Gasteiger partial charge in [-0.05, 0) is 12.8 Å². The summed E-state index contributed by atoms with van der Waals surface area (Å²) in [4.78, 5) is 33.2. The van der Waals surface area contributed by atoms with Crippen LogP contribution in [-0.2, 0) is 32.7 Å². The number of aliphatic carboxylic acids is 1. The van der Waals surface area contributed by atoms with E-state index < -0.39 is 45.1 Å². The van der Waals surface area contributed by atoms with Crippen molar-refractivity contribution in [1.82, 2.24) is 0 Å². The molecule has 4 N–H and O–H groups in total. The van der Waals surface area contributed by atoms with Crippen LogP contribution >= 0.6 is 7.82 Å². The van der Waals surface area contributed by atoms with Gasteiger partial charge in [-0.25, -0.2) is 4.57 Å². The molecule has 0 saturated heterocycles. The second kappa shape index (κ2) is 29.7. The third-order valence-electron chi connectivity index (χ3n) is 7.39. The monoisotopic (exact) mass is 637 g/mol. The molecule has 10 nitrogen and oxygen atoms in total. The quantitative estimate of drug-likeness (QED) is 0.0365. The van der Waals surface area contributed by atoms with Crippen molar-refractivity contribution < 1.29 is 42.7 Å².